The number of nitrogens with zero attached hydrogens (tertiary/aromatic N) is 2. The summed E-state index contributed by atoms with van der Waals surface area (Å²) in [5.41, 5.74) is -0.278. The second-order valence-electron chi connectivity index (χ2n) is 5.75. The summed E-state index contributed by atoms with van der Waals surface area (Å²) in [4.78, 5) is 24.0. The van der Waals surface area contributed by atoms with E-state index in [1.165, 1.54) is 0 Å². The van der Waals surface area contributed by atoms with E-state index >= 15 is 0 Å². The molecule has 0 bridgehead atoms. The summed E-state index contributed by atoms with van der Waals surface area (Å²) in [6.45, 7) is -0.212. The Bertz CT molecular complexity index is 680. The van der Waals surface area contributed by atoms with Crippen LogP contribution in [0.3, 0.4) is 0 Å². The van der Waals surface area contributed by atoms with E-state index in [0.29, 0.717) is 4.90 Å². The molecule has 2 atom stereocenters. The predicted molar refractivity (Wildman–Crippen MR) is 75.7 cm³/mol. The topological polar surface area (TPSA) is 60.9 Å². The fourth-order valence-corrected chi connectivity index (χ4v) is 2.96. The van der Waals surface area contributed by atoms with Crippen molar-refractivity contribution >= 4 is 12.0 Å². The zero-order valence-electron chi connectivity index (χ0n) is 13.1. The van der Waals surface area contributed by atoms with Crippen molar-refractivity contribution < 1.29 is 36.6 Å². The molecular formula is C15H15F5N2O3. The van der Waals surface area contributed by atoms with E-state index in [4.69, 9.17) is 0 Å². The van der Waals surface area contributed by atoms with Crippen LogP contribution in [0.4, 0.5) is 26.7 Å². The van der Waals surface area contributed by atoms with E-state index in [0.717, 1.165) is 30.1 Å². The van der Waals surface area contributed by atoms with Crippen LogP contribution in [0, 0.1) is 11.6 Å². The number of likely N-dealkylation sites (tertiary alicyclic amines) is 1. The maximum atomic E-state index is 14.0. The van der Waals surface area contributed by atoms with Crippen molar-refractivity contribution in [2.75, 3.05) is 13.6 Å². The Morgan fingerprint density at radius 3 is 2.48 bits per heavy atom. The minimum Gasteiger partial charge on any atom is -0.465 e. The molecule has 1 aromatic rings. The van der Waals surface area contributed by atoms with Gasteiger partial charge in [0.25, 0.3) is 0 Å². The number of carbonyl (C=O) groups excluding carboxylic acids is 1. The van der Waals surface area contributed by atoms with Gasteiger partial charge in [-0.2, -0.15) is 13.2 Å². The molecule has 1 N–H and O–H groups in total. The summed E-state index contributed by atoms with van der Waals surface area (Å²) in [7, 11) is 0.954. The van der Waals surface area contributed by atoms with Crippen molar-refractivity contribution in [1.82, 2.24) is 9.80 Å². The largest absolute Gasteiger partial charge is 0.471 e. The maximum absolute atomic E-state index is 14.0. The fraction of sp³-hybridized carbons (Fsp3) is 0.467. The van der Waals surface area contributed by atoms with Gasteiger partial charge in [-0.15, -0.1) is 0 Å². The Morgan fingerprint density at radius 1 is 1.28 bits per heavy atom. The molecule has 1 fully saturated rings. The van der Waals surface area contributed by atoms with Crippen molar-refractivity contribution in [2.45, 2.75) is 31.1 Å². The molecule has 1 heterocycles. The minimum atomic E-state index is -5.07. The van der Waals surface area contributed by atoms with Crippen LogP contribution in [0.1, 0.15) is 24.4 Å². The number of halogens is 5. The van der Waals surface area contributed by atoms with Crippen LogP contribution in [0.5, 0.6) is 0 Å². The lowest BCUT2D eigenvalue weighted by Gasteiger charge is -2.41. The van der Waals surface area contributed by atoms with Crippen molar-refractivity contribution in [1.29, 1.82) is 0 Å². The summed E-state index contributed by atoms with van der Waals surface area (Å²) in [6, 6.07) is 0.319. The van der Waals surface area contributed by atoms with E-state index < -0.39 is 41.9 Å². The molecule has 0 unspecified atom stereocenters. The van der Waals surface area contributed by atoms with Crippen molar-refractivity contribution in [2.24, 2.45) is 0 Å². The zero-order valence-corrected chi connectivity index (χ0v) is 13.1. The first-order valence-corrected chi connectivity index (χ1v) is 7.31. The third-order valence-corrected chi connectivity index (χ3v) is 4.25. The lowest BCUT2D eigenvalue weighted by Crippen LogP contribution is -2.51. The molecule has 10 heteroatoms. The smallest absolute Gasteiger partial charge is 0.465 e. The second-order valence-corrected chi connectivity index (χ2v) is 5.75. The van der Waals surface area contributed by atoms with Crippen LogP contribution < -0.4 is 0 Å². The fourth-order valence-electron chi connectivity index (χ4n) is 2.96. The third-order valence-electron chi connectivity index (χ3n) is 4.25. The highest BCUT2D eigenvalue weighted by atomic mass is 19.4. The van der Waals surface area contributed by atoms with Crippen LogP contribution in [0.25, 0.3) is 0 Å². The minimum absolute atomic E-state index is 0.0436. The number of benzene rings is 1. The first kappa shape index (κ1) is 18.9. The SMILES string of the molecule is CN(C(=O)C(F)(F)F)[C@@H]1CCN(C(=O)O)[C@H](c2cc(F)ccc2F)C1. The lowest BCUT2D eigenvalue weighted by molar-refractivity contribution is -0.187. The molecule has 25 heavy (non-hydrogen) atoms. The Morgan fingerprint density at radius 2 is 1.92 bits per heavy atom. The first-order valence-electron chi connectivity index (χ1n) is 7.31. The Hall–Kier alpha value is -2.39. The molecule has 2 rings (SSSR count). The van der Waals surface area contributed by atoms with Crippen molar-refractivity contribution in [3.63, 3.8) is 0 Å². The third kappa shape index (κ3) is 3.99. The van der Waals surface area contributed by atoms with Gasteiger partial charge in [0.2, 0.25) is 0 Å². The molecule has 0 saturated carbocycles. The molecular weight excluding hydrogens is 351 g/mol. The molecule has 0 spiro atoms. The van der Waals surface area contributed by atoms with Crippen LogP contribution >= 0.6 is 0 Å². The van der Waals surface area contributed by atoms with Gasteiger partial charge in [0, 0.05) is 25.2 Å². The van der Waals surface area contributed by atoms with Gasteiger partial charge in [0.05, 0.1) is 6.04 Å². The van der Waals surface area contributed by atoms with E-state index in [2.05, 4.69) is 0 Å². The Kier molecular flexibility index (Phi) is 5.19. The molecule has 1 saturated heterocycles. The normalized spacial score (nSPS) is 21.1. The highest BCUT2D eigenvalue weighted by Gasteiger charge is 2.45. The summed E-state index contributed by atoms with van der Waals surface area (Å²) < 4.78 is 65.2. The Labute approximate surface area is 139 Å². The first-order chi connectivity index (χ1) is 11.5. The molecule has 2 amide bonds. The number of amides is 2. The second kappa shape index (κ2) is 6.85. The Balaban J connectivity index is 2.33. The van der Waals surface area contributed by atoms with E-state index in [1.54, 1.807) is 0 Å². The van der Waals surface area contributed by atoms with Gasteiger partial charge in [0.1, 0.15) is 11.6 Å². The molecule has 1 aliphatic rings. The van der Waals surface area contributed by atoms with Crippen molar-refractivity contribution in [3.8, 4) is 0 Å². The lowest BCUT2D eigenvalue weighted by atomic mass is 9.90. The zero-order chi connectivity index (χ0) is 18.9. The maximum Gasteiger partial charge on any atom is 0.471 e. The van der Waals surface area contributed by atoms with Crippen LogP contribution in [-0.4, -0.2) is 52.7 Å². The standard InChI is InChI=1S/C15H15F5N2O3/c1-21(13(23)15(18,19)20)9-4-5-22(14(24)25)12(7-9)10-6-8(16)2-3-11(10)17/h2-3,6,9,12H,4-5,7H2,1H3,(H,24,25)/t9-,12+/m1/s1. The van der Waals surface area contributed by atoms with Crippen molar-refractivity contribution in [3.05, 3.63) is 35.4 Å². The molecule has 0 aromatic heterocycles. The average molecular weight is 366 g/mol. The van der Waals surface area contributed by atoms with Crippen LogP contribution in [0.15, 0.2) is 18.2 Å². The van der Waals surface area contributed by atoms with Gasteiger partial charge in [-0.05, 0) is 31.0 Å². The van der Waals surface area contributed by atoms with Gasteiger partial charge in [0.15, 0.2) is 0 Å². The van der Waals surface area contributed by atoms with Gasteiger partial charge in [-0.25, -0.2) is 13.6 Å². The average Bonchev–Trinajstić information content (AvgIpc) is 2.54. The molecule has 0 aliphatic carbocycles. The number of carbonyl (C=O) groups is 2. The molecule has 138 valence electrons. The number of hydrogen-bond acceptors (Lipinski definition) is 2. The predicted octanol–water partition coefficient (Wildman–Crippen LogP) is 3.17. The van der Waals surface area contributed by atoms with E-state index in [9.17, 15) is 36.6 Å². The molecule has 1 aromatic carbocycles. The van der Waals surface area contributed by atoms with Gasteiger partial charge in [-0.3, -0.25) is 4.79 Å². The summed E-state index contributed by atoms with van der Waals surface area (Å²) in [5, 5.41) is 9.24. The summed E-state index contributed by atoms with van der Waals surface area (Å²) in [5.74, 6) is -3.74. The number of piperidine rings is 1. The quantitative estimate of drug-likeness (QED) is 0.818. The van der Waals surface area contributed by atoms with Gasteiger partial charge >= 0.3 is 18.2 Å². The van der Waals surface area contributed by atoms with Gasteiger partial charge < -0.3 is 14.9 Å². The highest BCUT2D eigenvalue weighted by molar-refractivity contribution is 5.82. The van der Waals surface area contributed by atoms with E-state index in [1.807, 2.05) is 0 Å². The number of rotatable bonds is 2. The summed E-state index contributed by atoms with van der Waals surface area (Å²) in [6.07, 6.45) is -6.79. The molecule has 5 nitrogen and oxygen atoms in total. The summed E-state index contributed by atoms with van der Waals surface area (Å²) >= 11 is 0. The van der Waals surface area contributed by atoms with E-state index in [-0.39, 0.29) is 24.9 Å². The molecule has 0 radical (unpaired) electrons. The van der Waals surface area contributed by atoms with Crippen LogP contribution in [-0.2, 0) is 4.79 Å². The highest BCUT2D eigenvalue weighted by Crippen LogP contribution is 2.35. The number of carboxylic acid groups (broad SMARTS) is 1. The number of alkyl halides is 3. The monoisotopic (exact) mass is 366 g/mol. The van der Waals surface area contributed by atoms with Crippen LogP contribution in [0.2, 0.25) is 0 Å². The number of hydrogen-bond donors (Lipinski definition) is 1. The molecule has 1 aliphatic heterocycles. The van der Waals surface area contributed by atoms with Gasteiger partial charge in [-0.1, -0.05) is 0 Å².